The van der Waals surface area contributed by atoms with Crippen molar-refractivity contribution in [2.24, 2.45) is 0 Å². The first-order valence-corrected chi connectivity index (χ1v) is 12.0. The summed E-state index contributed by atoms with van der Waals surface area (Å²) in [6, 6.07) is 5.79. The fourth-order valence-electron chi connectivity index (χ4n) is 4.18. The molecule has 1 aromatic carbocycles. The van der Waals surface area contributed by atoms with Crippen LogP contribution in [0.25, 0.3) is 0 Å². The lowest BCUT2D eigenvalue weighted by atomic mass is 10.1. The van der Waals surface area contributed by atoms with E-state index < -0.39 is 10.2 Å². The van der Waals surface area contributed by atoms with Gasteiger partial charge < -0.3 is 0 Å². The van der Waals surface area contributed by atoms with E-state index in [0.717, 1.165) is 31.2 Å². The normalized spacial score (nSPS) is 21.0. The van der Waals surface area contributed by atoms with Crippen molar-refractivity contribution in [1.82, 2.24) is 23.4 Å². The molecule has 1 saturated heterocycles. The van der Waals surface area contributed by atoms with Crippen LogP contribution in [0.1, 0.15) is 49.9 Å². The molecule has 3 heterocycles. The van der Waals surface area contributed by atoms with Gasteiger partial charge in [-0.05, 0) is 43.4 Å². The number of aromatic nitrogens is 3. The molecule has 30 heavy (non-hydrogen) atoms. The van der Waals surface area contributed by atoms with E-state index in [1.807, 2.05) is 0 Å². The first-order chi connectivity index (χ1) is 14.4. The van der Waals surface area contributed by atoms with Crippen LogP contribution in [0.4, 0.5) is 4.39 Å². The van der Waals surface area contributed by atoms with Crippen molar-refractivity contribution in [3.05, 3.63) is 52.0 Å². The second-order valence-electron chi connectivity index (χ2n) is 8.09. The lowest BCUT2D eigenvalue weighted by Gasteiger charge is -2.24. The Morgan fingerprint density at radius 2 is 1.73 bits per heavy atom. The first-order valence-electron chi connectivity index (χ1n) is 10.6. The highest BCUT2D eigenvalue weighted by atomic mass is 32.2. The van der Waals surface area contributed by atoms with Crippen LogP contribution in [0.5, 0.6) is 0 Å². The molecule has 1 N–H and O–H groups in total. The van der Waals surface area contributed by atoms with E-state index in [-0.39, 0.29) is 24.1 Å². The minimum absolute atomic E-state index is 0.217. The van der Waals surface area contributed by atoms with Gasteiger partial charge in [0.25, 0.3) is 10.2 Å². The summed E-state index contributed by atoms with van der Waals surface area (Å²) in [5.41, 5.74) is 0.584. The van der Waals surface area contributed by atoms with Crippen LogP contribution in [0.3, 0.4) is 0 Å². The number of fused-ring (bicyclic) bond motifs is 1. The van der Waals surface area contributed by atoms with Crippen molar-refractivity contribution < 1.29 is 12.8 Å². The number of rotatable bonds is 5. The van der Waals surface area contributed by atoms with Gasteiger partial charge in [0.2, 0.25) is 0 Å². The molecule has 0 radical (unpaired) electrons. The van der Waals surface area contributed by atoms with E-state index in [1.165, 1.54) is 16.8 Å². The van der Waals surface area contributed by atoms with Gasteiger partial charge in [-0.2, -0.15) is 22.5 Å². The average Bonchev–Trinajstić information content (AvgIpc) is 2.96. The molecule has 0 aliphatic carbocycles. The summed E-state index contributed by atoms with van der Waals surface area (Å²) >= 11 is 0. The third-order valence-electron chi connectivity index (χ3n) is 5.88. The lowest BCUT2D eigenvalue weighted by Crippen LogP contribution is -2.46. The van der Waals surface area contributed by atoms with Crippen LogP contribution in [-0.2, 0) is 29.7 Å². The molecule has 0 saturated carbocycles. The van der Waals surface area contributed by atoms with E-state index in [4.69, 9.17) is 0 Å². The molecule has 1 aromatic heterocycles. The van der Waals surface area contributed by atoms with Crippen LogP contribution in [0.15, 0.2) is 29.1 Å². The smallest absolute Gasteiger partial charge is 0.279 e. The zero-order valence-electron chi connectivity index (χ0n) is 17.0. The number of halogens is 1. The summed E-state index contributed by atoms with van der Waals surface area (Å²) in [4.78, 5) is 12.8. The molecule has 2 aromatic rings. The van der Waals surface area contributed by atoms with Gasteiger partial charge in [0.1, 0.15) is 11.6 Å². The number of benzene rings is 1. The third-order valence-corrected chi connectivity index (χ3v) is 7.56. The average molecular weight is 438 g/mol. The molecule has 164 valence electrons. The Bertz CT molecular complexity index is 1020. The summed E-state index contributed by atoms with van der Waals surface area (Å²) in [6.45, 7) is 1.84. The Labute approximate surface area is 175 Å². The quantitative estimate of drug-likeness (QED) is 0.770. The van der Waals surface area contributed by atoms with E-state index >= 15 is 0 Å². The highest BCUT2D eigenvalue weighted by molar-refractivity contribution is 7.87. The molecule has 1 fully saturated rings. The third kappa shape index (κ3) is 4.81. The second-order valence-corrected chi connectivity index (χ2v) is 9.80. The second kappa shape index (κ2) is 8.99. The minimum atomic E-state index is -3.52. The van der Waals surface area contributed by atoms with E-state index in [0.29, 0.717) is 44.7 Å². The van der Waals surface area contributed by atoms with Gasteiger partial charge in [-0.25, -0.2) is 13.9 Å². The summed E-state index contributed by atoms with van der Waals surface area (Å²) in [5, 5.41) is 4.45. The molecular formula is C20H28FN5O3S. The van der Waals surface area contributed by atoms with Crippen LogP contribution in [0.2, 0.25) is 0 Å². The van der Waals surface area contributed by atoms with Crippen LogP contribution in [0, 0.1) is 5.82 Å². The maximum absolute atomic E-state index is 13.1. The van der Waals surface area contributed by atoms with Gasteiger partial charge in [-0.3, -0.25) is 4.57 Å². The minimum Gasteiger partial charge on any atom is -0.279 e. The summed E-state index contributed by atoms with van der Waals surface area (Å²) < 4.78 is 46.1. The molecule has 0 spiro atoms. The molecule has 10 heteroatoms. The highest BCUT2D eigenvalue weighted by Gasteiger charge is 2.28. The van der Waals surface area contributed by atoms with Gasteiger partial charge in [0.05, 0.1) is 6.54 Å². The van der Waals surface area contributed by atoms with Gasteiger partial charge in [-0.15, -0.1) is 0 Å². The number of hydrogen-bond acceptors (Lipinski definition) is 4. The Kier molecular flexibility index (Phi) is 6.35. The molecule has 0 bridgehead atoms. The Balaban J connectivity index is 1.41. The fourth-order valence-corrected chi connectivity index (χ4v) is 5.72. The summed E-state index contributed by atoms with van der Waals surface area (Å²) in [5.74, 6) is 0.346. The predicted molar refractivity (Wildman–Crippen MR) is 111 cm³/mol. The summed E-state index contributed by atoms with van der Waals surface area (Å²) in [7, 11) is -3.52. The zero-order chi connectivity index (χ0) is 21.1. The van der Waals surface area contributed by atoms with Crippen LogP contribution in [-0.4, -0.2) is 46.2 Å². The highest BCUT2D eigenvalue weighted by Crippen LogP contribution is 2.17. The van der Waals surface area contributed by atoms with Crippen molar-refractivity contribution in [2.45, 2.75) is 64.1 Å². The molecular weight excluding hydrogens is 409 g/mol. The number of nitrogens with zero attached hydrogens (tertiary/aromatic N) is 4. The first kappa shape index (κ1) is 21.2. The standard InChI is InChI=1S/C20H28FN5O3S/c21-17-7-5-16(6-8-17)15-26-20(27)25-14-11-18(9-10-19(25)22-26)23-30(28,29)24-12-3-1-2-4-13-24/h5-8,18,23H,1-4,9-15H2. The van der Waals surface area contributed by atoms with Gasteiger partial charge >= 0.3 is 5.69 Å². The maximum Gasteiger partial charge on any atom is 0.346 e. The Hall–Kier alpha value is -2.04. The van der Waals surface area contributed by atoms with E-state index in [9.17, 15) is 17.6 Å². The van der Waals surface area contributed by atoms with Crippen molar-refractivity contribution in [3.63, 3.8) is 0 Å². The van der Waals surface area contributed by atoms with Crippen molar-refractivity contribution in [1.29, 1.82) is 0 Å². The Morgan fingerprint density at radius 1 is 1.03 bits per heavy atom. The predicted octanol–water partition coefficient (Wildman–Crippen LogP) is 1.65. The van der Waals surface area contributed by atoms with Crippen molar-refractivity contribution in [3.8, 4) is 0 Å². The Morgan fingerprint density at radius 3 is 2.43 bits per heavy atom. The summed E-state index contributed by atoms with van der Waals surface area (Å²) in [6.07, 6.45) is 5.60. The molecule has 0 amide bonds. The SMILES string of the molecule is O=c1n(Cc2ccc(F)cc2)nc2n1CCC(NS(=O)(=O)N1CCCCCC1)CC2. The maximum atomic E-state index is 13.1. The molecule has 2 aliphatic heterocycles. The number of hydrogen-bond donors (Lipinski definition) is 1. The lowest BCUT2D eigenvalue weighted by molar-refractivity contribution is 0.398. The number of aryl methyl sites for hydroxylation is 1. The van der Waals surface area contributed by atoms with Gasteiger partial charge in [0.15, 0.2) is 0 Å². The van der Waals surface area contributed by atoms with Gasteiger partial charge in [0, 0.05) is 32.1 Å². The van der Waals surface area contributed by atoms with Crippen molar-refractivity contribution >= 4 is 10.2 Å². The van der Waals surface area contributed by atoms with Crippen LogP contribution < -0.4 is 10.4 Å². The van der Waals surface area contributed by atoms with Crippen LogP contribution >= 0.6 is 0 Å². The largest absolute Gasteiger partial charge is 0.346 e. The topological polar surface area (TPSA) is 89.2 Å². The van der Waals surface area contributed by atoms with Crippen molar-refractivity contribution in [2.75, 3.05) is 13.1 Å². The van der Waals surface area contributed by atoms with Gasteiger partial charge in [-0.1, -0.05) is 25.0 Å². The zero-order valence-corrected chi connectivity index (χ0v) is 17.8. The molecule has 2 aliphatic rings. The molecule has 4 rings (SSSR count). The van der Waals surface area contributed by atoms with E-state index in [2.05, 4.69) is 9.82 Å². The molecule has 8 nitrogen and oxygen atoms in total. The van der Waals surface area contributed by atoms with E-state index in [1.54, 1.807) is 21.0 Å². The molecule has 1 atom stereocenters. The molecule has 1 unspecified atom stereocenters. The number of nitrogens with one attached hydrogen (secondary N) is 1. The monoisotopic (exact) mass is 437 g/mol. The fraction of sp³-hybridized carbons (Fsp3) is 0.600.